The van der Waals surface area contributed by atoms with E-state index in [0.717, 1.165) is 27.1 Å². The third kappa shape index (κ3) is 4.30. The molecule has 0 aromatic heterocycles. The van der Waals surface area contributed by atoms with Crippen LogP contribution in [0.25, 0.3) is 11.1 Å². The molecule has 144 valence electrons. The van der Waals surface area contributed by atoms with Crippen molar-refractivity contribution in [2.24, 2.45) is 5.41 Å². The first-order valence-electron chi connectivity index (χ1n) is 10.0. The van der Waals surface area contributed by atoms with Gasteiger partial charge in [0.25, 0.3) is 0 Å². The Kier molecular flexibility index (Phi) is 6.43. The zero-order valence-electron chi connectivity index (χ0n) is 17.1. The number of hydrogen-bond acceptors (Lipinski definition) is 3. The summed E-state index contributed by atoms with van der Waals surface area (Å²) in [4.78, 5) is 15.3. The van der Waals surface area contributed by atoms with Crippen LogP contribution >= 0.6 is 23.5 Å². The highest BCUT2D eigenvalue weighted by molar-refractivity contribution is 8.00. The Hall–Kier alpha value is -1.19. The molecule has 0 unspecified atom stereocenters. The van der Waals surface area contributed by atoms with Gasteiger partial charge in [-0.2, -0.15) is 0 Å². The second kappa shape index (κ2) is 8.45. The lowest BCUT2D eigenvalue weighted by molar-refractivity contribution is 0.104. The van der Waals surface area contributed by atoms with Gasteiger partial charge in [0.05, 0.1) is 0 Å². The lowest BCUT2D eigenvalue weighted by Crippen LogP contribution is -2.22. The van der Waals surface area contributed by atoms with Gasteiger partial charge in [0.2, 0.25) is 0 Å². The quantitative estimate of drug-likeness (QED) is 0.421. The smallest absolute Gasteiger partial charge is 0.194 e. The van der Waals surface area contributed by atoms with Gasteiger partial charge < -0.3 is 0 Å². The molecule has 0 heterocycles. The van der Waals surface area contributed by atoms with E-state index in [1.54, 1.807) is 11.8 Å². The van der Waals surface area contributed by atoms with Gasteiger partial charge in [-0.1, -0.05) is 39.8 Å². The van der Waals surface area contributed by atoms with Crippen LogP contribution in [-0.2, 0) is 0 Å². The molecule has 0 bridgehead atoms. The maximum atomic E-state index is 12.9. The van der Waals surface area contributed by atoms with Crippen molar-refractivity contribution in [1.29, 1.82) is 0 Å². The van der Waals surface area contributed by atoms with Crippen LogP contribution in [0.5, 0.6) is 0 Å². The number of hydrogen-bond donors (Lipinski definition) is 0. The normalized spacial score (nSPS) is 17.7. The van der Waals surface area contributed by atoms with Gasteiger partial charge in [0, 0.05) is 26.2 Å². The predicted molar refractivity (Wildman–Crippen MR) is 120 cm³/mol. The summed E-state index contributed by atoms with van der Waals surface area (Å²) >= 11 is 3.65. The Morgan fingerprint density at radius 1 is 0.852 bits per heavy atom. The Morgan fingerprint density at radius 2 is 1.37 bits per heavy atom. The molecule has 0 radical (unpaired) electrons. The van der Waals surface area contributed by atoms with E-state index in [-0.39, 0.29) is 5.78 Å². The van der Waals surface area contributed by atoms with Gasteiger partial charge in [-0.25, -0.2) is 0 Å². The minimum absolute atomic E-state index is 0.188. The number of rotatable bonds is 3. The van der Waals surface area contributed by atoms with Crippen molar-refractivity contribution < 1.29 is 4.79 Å². The van der Waals surface area contributed by atoms with Gasteiger partial charge in [0.15, 0.2) is 5.78 Å². The van der Waals surface area contributed by atoms with Crippen molar-refractivity contribution in [3.63, 3.8) is 0 Å². The van der Waals surface area contributed by atoms with Crippen LogP contribution in [0.4, 0.5) is 0 Å². The molecule has 1 saturated carbocycles. The summed E-state index contributed by atoms with van der Waals surface area (Å²) in [5.41, 5.74) is 4.44. The first kappa shape index (κ1) is 20.5. The van der Waals surface area contributed by atoms with E-state index in [9.17, 15) is 4.79 Å². The van der Waals surface area contributed by atoms with E-state index < -0.39 is 0 Å². The molecule has 4 rings (SSSR count). The van der Waals surface area contributed by atoms with Gasteiger partial charge in [-0.15, -0.1) is 23.5 Å². The highest BCUT2D eigenvalue weighted by Crippen LogP contribution is 2.44. The van der Waals surface area contributed by atoms with E-state index in [1.165, 1.54) is 30.6 Å². The highest BCUT2D eigenvalue weighted by atomic mass is 32.2. The van der Waals surface area contributed by atoms with Crippen LogP contribution in [0, 0.1) is 5.41 Å². The van der Waals surface area contributed by atoms with E-state index in [1.807, 2.05) is 31.7 Å². The maximum Gasteiger partial charge on any atom is 0.194 e. The van der Waals surface area contributed by atoms with Crippen LogP contribution in [0.3, 0.4) is 0 Å². The molecule has 0 spiro atoms. The van der Waals surface area contributed by atoms with Crippen molar-refractivity contribution in [3.8, 4) is 11.1 Å². The van der Waals surface area contributed by atoms with Crippen molar-refractivity contribution in [2.75, 3.05) is 6.26 Å². The molecule has 0 N–H and O–H groups in total. The molecule has 0 amide bonds. The van der Waals surface area contributed by atoms with Gasteiger partial charge in [-0.3, -0.25) is 4.79 Å². The first-order chi connectivity index (χ1) is 13.0. The third-order valence-corrected chi connectivity index (χ3v) is 7.64. The average molecular weight is 399 g/mol. The minimum Gasteiger partial charge on any atom is -0.289 e. The molecular formula is C24H30OS2. The van der Waals surface area contributed by atoms with Gasteiger partial charge in [0.1, 0.15) is 0 Å². The number of thioether (sulfide) groups is 2. The molecule has 2 aromatic carbocycles. The van der Waals surface area contributed by atoms with E-state index >= 15 is 0 Å². The second-order valence-electron chi connectivity index (χ2n) is 7.93. The fourth-order valence-corrected chi connectivity index (χ4v) is 5.55. The molecular weight excluding hydrogens is 368 g/mol. The van der Waals surface area contributed by atoms with Gasteiger partial charge in [-0.05, 0) is 72.7 Å². The lowest BCUT2D eigenvalue weighted by atomic mass is 9.77. The summed E-state index contributed by atoms with van der Waals surface area (Å²) in [5.74, 6) is 0.188. The second-order valence-corrected chi connectivity index (χ2v) is 10.2. The summed E-state index contributed by atoms with van der Waals surface area (Å²) in [7, 11) is 0. The van der Waals surface area contributed by atoms with Crippen LogP contribution in [0.1, 0.15) is 69.3 Å². The van der Waals surface area contributed by atoms with Crippen molar-refractivity contribution in [1.82, 2.24) is 0 Å². The standard InChI is InChI=1S/C22H24OS2.C2H6/c1-22(2)10-8-14(9-11-22)25-16-5-7-18-17-6-4-15(24-3)12-19(17)21(23)20(18)13-16;1-2/h4-7,12-14H,8-11H2,1-3H3;1-2H3. The number of fused-ring (bicyclic) bond motifs is 3. The SMILES string of the molecule is CC.CSc1ccc2c(c1)C(=O)c1cc(SC3CCC(C)(C)CC3)ccc1-2. The molecule has 0 aliphatic heterocycles. The van der Waals surface area contributed by atoms with Crippen LogP contribution in [0.2, 0.25) is 0 Å². The summed E-state index contributed by atoms with van der Waals surface area (Å²) in [6.45, 7) is 8.75. The topological polar surface area (TPSA) is 17.1 Å². The Bertz CT molecular complexity index is 828. The molecule has 2 aliphatic carbocycles. The Labute approximate surface area is 172 Å². The largest absolute Gasteiger partial charge is 0.289 e. The summed E-state index contributed by atoms with van der Waals surface area (Å²) in [6, 6.07) is 12.7. The summed E-state index contributed by atoms with van der Waals surface area (Å²) in [6.07, 6.45) is 7.21. The van der Waals surface area contributed by atoms with Crippen molar-refractivity contribution in [3.05, 3.63) is 47.5 Å². The average Bonchev–Trinajstić information content (AvgIpc) is 2.96. The Balaban J connectivity index is 0.00000102. The fraction of sp³-hybridized carbons (Fsp3) is 0.458. The van der Waals surface area contributed by atoms with Crippen LogP contribution in [-0.4, -0.2) is 17.3 Å². The minimum atomic E-state index is 0.188. The third-order valence-electron chi connectivity index (χ3n) is 5.59. The molecule has 3 heteroatoms. The number of carbonyl (C=O) groups excluding carboxylic acids is 1. The molecule has 2 aromatic rings. The van der Waals surface area contributed by atoms with Crippen molar-refractivity contribution >= 4 is 29.3 Å². The maximum absolute atomic E-state index is 12.9. The molecule has 0 atom stereocenters. The summed E-state index contributed by atoms with van der Waals surface area (Å²) in [5, 5.41) is 0.688. The molecule has 1 nitrogen and oxygen atoms in total. The Morgan fingerprint density at radius 3 is 1.93 bits per heavy atom. The zero-order chi connectivity index (χ0) is 19.6. The molecule has 2 aliphatic rings. The molecule has 0 saturated heterocycles. The fourth-order valence-electron chi connectivity index (χ4n) is 3.92. The summed E-state index contributed by atoms with van der Waals surface area (Å²) < 4.78 is 0. The zero-order valence-corrected chi connectivity index (χ0v) is 18.7. The van der Waals surface area contributed by atoms with E-state index in [4.69, 9.17) is 0 Å². The number of benzene rings is 2. The van der Waals surface area contributed by atoms with Gasteiger partial charge >= 0.3 is 0 Å². The first-order valence-corrected chi connectivity index (χ1v) is 12.1. The number of carbonyl (C=O) groups is 1. The van der Waals surface area contributed by atoms with Crippen molar-refractivity contribution in [2.45, 2.75) is 68.4 Å². The predicted octanol–water partition coefficient (Wildman–Crippen LogP) is 7.71. The van der Waals surface area contributed by atoms with E-state index in [2.05, 4.69) is 50.4 Å². The number of ketones is 1. The van der Waals surface area contributed by atoms with E-state index in [0.29, 0.717) is 10.7 Å². The van der Waals surface area contributed by atoms with Crippen LogP contribution in [0.15, 0.2) is 46.2 Å². The molecule has 1 fully saturated rings. The highest BCUT2D eigenvalue weighted by Gasteiger charge is 2.29. The molecule has 27 heavy (non-hydrogen) atoms. The monoisotopic (exact) mass is 398 g/mol. The lowest BCUT2D eigenvalue weighted by Gasteiger charge is -2.34. The van der Waals surface area contributed by atoms with Crippen LogP contribution < -0.4 is 0 Å².